The predicted molar refractivity (Wildman–Crippen MR) is 64.9 cm³/mol. The molecule has 0 amide bonds. The van der Waals surface area contributed by atoms with Crippen LogP contribution in [0.5, 0.6) is 0 Å². The van der Waals surface area contributed by atoms with Crippen LogP contribution >= 0.6 is 0 Å². The van der Waals surface area contributed by atoms with Gasteiger partial charge in [-0.3, -0.25) is 4.57 Å². The molecule has 16 heavy (non-hydrogen) atoms. The molecule has 1 aromatic rings. The van der Waals surface area contributed by atoms with E-state index in [4.69, 9.17) is 4.74 Å². The summed E-state index contributed by atoms with van der Waals surface area (Å²) in [6, 6.07) is 2.04. The highest BCUT2D eigenvalue weighted by Crippen LogP contribution is 2.18. The van der Waals surface area contributed by atoms with Gasteiger partial charge in [-0.2, -0.15) is 0 Å². The highest BCUT2D eigenvalue weighted by Gasteiger charge is 2.21. The van der Waals surface area contributed by atoms with Crippen molar-refractivity contribution in [2.75, 3.05) is 0 Å². The molecule has 1 rings (SSSR count). The van der Waals surface area contributed by atoms with Crippen molar-refractivity contribution in [2.24, 2.45) is 0 Å². The van der Waals surface area contributed by atoms with Crippen molar-refractivity contribution in [3.8, 4) is 0 Å². The van der Waals surface area contributed by atoms with Crippen molar-refractivity contribution in [3.05, 3.63) is 23.0 Å². The molecule has 0 bridgehead atoms. The lowest BCUT2D eigenvalue weighted by Crippen LogP contribution is -2.28. The van der Waals surface area contributed by atoms with E-state index in [1.165, 1.54) is 0 Å². The van der Waals surface area contributed by atoms with Crippen LogP contribution in [0.25, 0.3) is 0 Å². The van der Waals surface area contributed by atoms with E-state index < -0.39 is 5.60 Å². The van der Waals surface area contributed by atoms with Gasteiger partial charge in [-0.05, 0) is 52.7 Å². The molecule has 3 nitrogen and oxygen atoms in total. The van der Waals surface area contributed by atoms with Crippen LogP contribution in [-0.4, -0.2) is 16.3 Å². The minimum Gasteiger partial charge on any atom is -0.443 e. The lowest BCUT2D eigenvalue weighted by molar-refractivity contribution is 0.0530. The van der Waals surface area contributed by atoms with Gasteiger partial charge in [0.15, 0.2) is 0 Å². The molecule has 90 valence electrons. The summed E-state index contributed by atoms with van der Waals surface area (Å²) in [6.07, 6.45) is 0.545. The van der Waals surface area contributed by atoms with Gasteiger partial charge in [0.2, 0.25) is 0 Å². The van der Waals surface area contributed by atoms with E-state index in [1.54, 1.807) is 4.57 Å². The lowest BCUT2D eigenvalue weighted by atomic mass is 10.2. The number of nitrogens with zero attached hydrogens (tertiary/aromatic N) is 1. The van der Waals surface area contributed by atoms with Crippen LogP contribution in [-0.2, 0) is 11.2 Å². The SMILES string of the molecule is CCc1cc(C)c(C)n1C(=O)OC(C)(C)C. The monoisotopic (exact) mass is 223 g/mol. The Morgan fingerprint density at radius 3 is 2.38 bits per heavy atom. The molecular weight excluding hydrogens is 202 g/mol. The second kappa shape index (κ2) is 4.32. The van der Waals surface area contributed by atoms with E-state index in [-0.39, 0.29) is 6.09 Å². The number of carbonyl (C=O) groups excluding carboxylic acids is 1. The van der Waals surface area contributed by atoms with Crippen molar-refractivity contribution in [2.45, 2.75) is 53.6 Å². The van der Waals surface area contributed by atoms with Crippen molar-refractivity contribution in [3.63, 3.8) is 0 Å². The van der Waals surface area contributed by atoms with Crippen LogP contribution in [0.15, 0.2) is 6.07 Å². The first kappa shape index (κ1) is 12.8. The minimum absolute atomic E-state index is 0.282. The third-order valence-electron chi connectivity index (χ3n) is 2.51. The first-order chi connectivity index (χ1) is 7.26. The maximum atomic E-state index is 12.0. The zero-order valence-electron chi connectivity index (χ0n) is 11.0. The summed E-state index contributed by atoms with van der Waals surface area (Å²) in [6.45, 7) is 11.6. The van der Waals surface area contributed by atoms with E-state index in [0.29, 0.717) is 0 Å². The molecule has 0 fully saturated rings. The second-order valence-corrected chi connectivity index (χ2v) is 5.07. The molecule has 0 N–H and O–H groups in total. The molecular formula is C13H21NO2. The number of aryl methyl sites for hydroxylation is 2. The Kier molecular flexibility index (Phi) is 3.46. The molecule has 0 atom stereocenters. The summed E-state index contributed by atoms with van der Waals surface area (Å²) >= 11 is 0. The van der Waals surface area contributed by atoms with Crippen molar-refractivity contribution < 1.29 is 9.53 Å². The van der Waals surface area contributed by atoms with Gasteiger partial charge >= 0.3 is 6.09 Å². The average molecular weight is 223 g/mol. The Morgan fingerprint density at radius 2 is 1.94 bits per heavy atom. The van der Waals surface area contributed by atoms with Gasteiger partial charge in [-0.25, -0.2) is 4.79 Å². The Bertz CT molecular complexity index is 397. The third-order valence-corrected chi connectivity index (χ3v) is 2.51. The highest BCUT2D eigenvalue weighted by molar-refractivity contribution is 5.73. The smallest absolute Gasteiger partial charge is 0.418 e. The molecule has 0 saturated heterocycles. The first-order valence-electron chi connectivity index (χ1n) is 5.67. The molecule has 0 radical (unpaired) electrons. The van der Waals surface area contributed by atoms with Crippen molar-refractivity contribution in [1.82, 2.24) is 4.57 Å². The summed E-state index contributed by atoms with van der Waals surface area (Å²) in [4.78, 5) is 12.0. The fourth-order valence-electron chi connectivity index (χ4n) is 1.63. The predicted octanol–water partition coefficient (Wildman–Crippen LogP) is 3.45. The zero-order chi connectivity index (χ0) is 12.5. The normalized spacial score (nSPS) is 11.6. The summed E-state index contributed by atoms with van der Waals surface area (Å²) in [7, 11) is 0. The Hall–Kier alpha value is -1.25. The van der Waals surface area contributed by atoms with Gasteiger partial charge in [0.25, 0.3) is 0 Å². The van der Waals surface area contributed by atoms with Gasteiger partial charge in [0.05, 0.1) is 0 Å². The largest absolute Gasteiger partial charge is 0.443 e. The number of rotatable bonds is 1. The maximum Gasteiger partial charge on any atom is 0.418 e. The number of hydrogen-bond acceptors (Lipinski definition) is 2. The minimum atomic E-state index is -0.452. The molecule has 0 saturated carbocycles. The third kappa shape index (κ3) is 2.65. The number of ether oxygens (including phenoxy) is 1. The van der Waals surface area contributed by atoms with Gasteiger partial charge in [0, 0.05) is 11.4 Å². The van der Waals surface area contributed by atoms with Crippen LogP contribution in [0.3, 0.4) is 0 Å². The summed E-state index contributed by atoms with van der Waals surface area (Å²) in [5, 5.41) is 0. The van der Waals surface area contributed by atoms with E-state index in [1.807, 2.05) is 47.6 Å². The fraction of sp³-hybridized carbons (Fsp3) is 0.615. The zero-order valence-corrected chi connectivity index (χ0v) is 11.0. The first-order valence-corrected chi connectivity index (χ1v) is 5.67. The molecule has 0 unspecified atom stereocenters. The molecule has 0 aliphatic rings. The maximum absolute atomic E-state index is 12.0. The molecule has 0 aliphatic carbocycles. The lowest BCUT2D eigenvalue weighted by Gasteiger charge is -2.21. The quantitative estimate of drug-likeness (QED) is 0.730. The molecule has 1 heterocycles. The van der Waals surface area contributed by atoms with Crippen LogP contribution < -0.4 is 0 Å². The summed E-state index contributed by atoms with van der Waals surface area (Å²) < 4.78 is 7.05. The summed E-state index contributed by atoms with van der Waals surface area (Å²) in [5.41, 5.74) is 2.64. The van der Waals surface area contributed by atoms with Gasteiger partial charge in [-0.15, -0.1) is 0 Å². The summed E-state index contributed by atoms with van der Waals surface area (Å²) in [5.74, 6) is 0. The number of carbonyl (C=O) groups is 1. The topological polar surface area (TPSA) is 31.2 Å². The Labute approximate surface area is 97.4 Å². The van der Waals surface area contributed by atoms with Crippen LogP contribution in [0.1, 0.15) is 44.6 Å². The van der Waals surface area contributed by atoms with Crippen LogP contribution in [0.2, 0.25) is 0 Å². The van der Waals surface area contributed by atoms with Crippen molar-refractivity contribution >= 4 is 6.09 Å². The standard InChI is InChI=1S/C13H21NO2/c1-7-11-8-9(2)10(3)14(11)12(15)16-13(4,5)6/h8H,7H2,1-6H3. The Morgan fingerprint density at radius 1 is 1.38 bits per heavy atom. The second-order valence-electron chi connectivity index (χ2n) is 5.07. The van der Waals surface area contributed by atoms with Crippen LogP contribution in [0, 0.1) is 13.8 Å². The van der Waals surface area contributed by atoms with E-state index in [9.17, 15) is 4.79 Å². The van der Waals surface area contributed by atoms with E-state index >= 15 is 0 Å². The number of aromatic nitrogens is 1. The van der Waals surface area contributed by atoms with Crippen molar-refractivity contribution in [1.29, 1.82) is 0 Å². The van der Waals surface area contributed by atoms with Gasteiger partial charge in [0.1, 0.15) is 5.60 Å². The highest BCUT2D eigenvalue weighted by atomic mass is 16.6. The molecule has 3 heteroatoms. The molecule has 0 aliphatic heterocycles. The van der Waals surface area contributed by atoms with E-state index in [2.05, 4.69) is 0 Å². The molecule has 0 spiro atoms. The van der Waals surface area contributed by atoms with E-state index in [0.717, 1.165) is 23.4 Å². The van der Waals surface area contributed by atoms with Gasteiger partial charge < -0.3 is 4.74 Å². The fourth-order valence-corrected chi connectivity index (χ4v) is 1.63. The molecule has 0 aromatic carbocycles. The van der Waals surface area contributed by atoms with Crippen LogP contribution in [0.4, 0.5) is 4.79 Å². The number of hydrogen-bond donors (Lipinski definition) is 0. The Balaban J connectivity index is 3.08. The average Bonchev–Trinajstić information content (AvgIpc) is 2.40. The molecule has 1 aromatic heterocycles. The van der Waals surface area contributed by atoms with Gasteiger partial charge in [-0.1, -0.05) is 6.92 Å².